The Bertz CT molecular complexity index is 1220. The highest BCUT2D eigenvalue weighted by Gasteiger charge is 2.38. The Morgan fingerprint density at radius 3 is 2.54 bits per heavy atom. The van der Waals surface area contributed by atoms with Crippen LogP contribution in [0, 0.1) is 5.82 Å². The number of halogens is 1. The van der Waals surface area contributed by atoms with Crippen molar-refractivity contribution in [1.82, 2.24) is 19.8 Å². The molecular weight excluding hydrogens is 447 g/mol. The van der Waals surface area contributed by atoms with Crippen molar-refractivity contribution in [3.8, 4) is 16.9 Å². The van der Waals surface area contributed by atoms with Crippen LogP contribution in [0.3, 0.4) is 0 Å². The number of ether oxygens (including phenoxy) is 2. The van der Waals surface area contributed by atoms with Crippen molar-refractivity contribution < 1.29 is 18.7 Å². The second-order valence-corrected chi connectivity index (χ2v) is 10.5. The Morgan fingerprint density at radius 2 is 1.86 bits per heavy atom. The number of nitrogens with zero attached hydrogens (tertiary/aromatic N) is 3. The Hall–Kier alpha value is -3.13. The van der Waals surface area contributed by atoms with Crippen LogP contribution in [-0.4, -0.2) is 70.8 Å². The summed E-state index contributed by atoms with van der Waals surface area (Å²) in [5.74, 6) is 0.746. The number of benzene rings is 1. The molecule has 1 amide bonds. The van der Waals surface area contributed by atoms with Gasteiger partial charge in [0.25, 0.3) is 0 Å². The number of hydrogen-bond acceptors (Lipinski definition) is 5. The number of H-pyrrole nitrogens is 1. The molecule has 5 rings (SSSR count). The molecule has 0 bridgehead atoms. The standard InChI is InChI=1S/C27H33FN4O3/c1-27(2,3)35-26(33)32-15-19(16-32)31-11-8-17(9-12-31)23-14-22-20(7-10-29-25(22)30-23)21-13-18(28)5-6-24(21)34-4/h5-7,10,13-14,17,19H,8-9,11-12,15-16H2,1-4H3,(H,29,30). The molecule has 2 aromatic heterocycles. The van der Waals surface area contributed by atoms with Crippen LogP contribution in [0.25, 0.3) is 22.2 Å². The lowest BCUT2D eigenvalue weighted by Crippen LogP contribution is -2.62. The van der Waals surface area contributed by atoms with Crippen LogP contribution in [0.5, 0.6) is 5.75 Å². The van der Waals surface area contributed by atoms with Crippen LogP contribution in [-0.2, 0) is 4.74 Å². The van der Waals surface area contributed by atoms with E-state index in [1.165, 1.54) is 17.8 Å². The highest BCUT2D eigenvalue weighted by Crippen LogP contribution is 2.38. The summed E-state index contributed by atoms with van der Waals surface area (Å²) in [5, 5.41) is 0.973. The number of methoxy groups -OCH3 is 1. The van der Waals surface area contributed by atoms with Gasteiger partial charge < -0.3 is 19.4 Å². The number of piperidine rings is 1. The molecule has 2 aliphatic heterocycles. The van der Waals surface area contributed by atoms with E-state index < -0.39 is 5.60 Å². The summed E-state index contributed by atoms with van der Waals surface area (Å²) in [4.78, 5) is 24.5. The van der Waals surface area contributed by atoms with E-state index in [-0.39, 0.29) is 11.9 Å². The summed E-state index contributed by atoms with van der Waals surface area (Å²) >= 11 is 0. The van der Waals surface area contributed by atoms with Gasteiger partial charge in [-0.15, -0.1) is 0 Å². The lowest BCUT2D eigenvalue weighted by Gasteiger charge is -2.47. The minimum Gasteiger partial charge on any atom is -0.496 e. The molecule has 8 heteroatoms. The van der Waals surface area contributed by atoms with E-state index in [1.54, 1.807) is 24.3 Å². The Kier molecular flexibility index (Phi) is 6.17. The van der Waals surface area contributed by atoms with Crippen LogP contribution in [0.1, 0.15) is 45.2 Å². The second-order valence-electron chi connectivity index (χ2n) is 10.5. The molecule has 4 heterocycles. The molecule has 0 unspecified atom stereocenters. The zero-order valence-corrected chi connectivity index (χ0v) is 20.8. The first kappa shape index (κ1) is 23.6. The zero-order valence-electron chi connectivity index (χ0n) is 20.8. The molecule has 2 aliphatic rings. The predicted molar refractivity (Wildman–Crippen MR) is 133 cm³/mol. The summed E-state index contributed by atoms with van der Waals surface area (Å²) in [7, 11) is 1.60. The van der Waals surface area contributed by atoms with Crippen molar-refractivity contribution in [3.05, 3.63) is 48.0 Å². The molecule has 0 aliphatic carbocycles. The van der Waals surface area contributed by atoms with Gasteiger partial charge in [-0.3, -0.25) is 4.90 Å². The van der Waals surface area contributed by atoms with Crippen LogP contribution in [0.15, 0.2) is 36.5 Å². The number of pyridine rings is 1. The normalized spacial score (nSPS) is 18.0. The molecule has 35 heavy (non-hydrogen) atoms. The van der Waals surface area contributed by atoms with Crippen LogP contribution in [0.4, 0.5) is 9.18 Å². The summed E-state index contributed by atoms with van der Waals surface area (Å²) in [5.41, 5.74) is 3.13. The van der Waals surface area contributed by atoms with Gasteiger partial charge in [-0.2, -0.15) is 0 Å². The van der Waals surface area contributed by atoms with E-state index in [0.29, 0.717) is 17.7 Å². The number of fused-ring (bicyclic) bond motifs is 1. The van der Waals surface area contributed by atoms with Gasteiger partial charge in [0, 0.05) is 47.9 Å². The van der Waals surface area contributed by atoms with Crippen molar-refractivity contribution in [2.75, 3.05) is 33.3 Å². The smallest absolute Gasteiger partial charge is 0.410 e. The van der Waals surface area contributed by atoms with Crippen molar-refractivity contribution >= 4 is 17.1 Å². The first-order chi connectivity index (χ1) is 16.7. The highest BCUT2D eigenvalue weighted by atomic mass is 19.1. The topological polar surface area (TPSA) is 70.7 Å². The predicted octanol–water partition coefficient (Wildman–Crippen LogP) is 5.18. The van der Waals surface area contributed by atoms with Gasteiger partial charge in [0.2, 0.25) is 0 Å². The molecule has 2 saturated heterocycles. The number of nitrogens with one attached hydrogen (secondary N) is 1. The van der Waals surface area contributed by atoms with E-state index in [2.05, 4.69) is 20.9 Å². The largest absolute Gasteiger partial charge is 0.496 e. The second kappa shape index (κ2) is 9.15. The molecule has 3 aromatic rings. The van der Waals surface area contributed by atoms with Crippen LogP contribution >= 0.6 is 0 Å². The quantitative estimate of drug-likeness (QED) is 0.557. The van der Waals surface area contributed by atoms with E-state index in [1.807, 2.05) is 26.8 Å². The molecule has 7 nitrogen and oxygen atoms in total. The maximum atomic E-state index is 14.0. The summed E-state index contributed by atoms with van der Waals surface area (Å²) in [6.07, 6.45) is 3.60. The zero-order chi connectivity index (χ0) is 24.7. The van der Waals surface area contributed by atoms with Gasteiger partial charge >= 0.3 is 6.09 Å². The van der Waals surface area contributed by atoms with Crippen molar-refractivity contribution in [3.63, 3.8) is 0 Å². The average molecular weight is 481 g/mol. The minimum atomic E-state index is -0.464. The van der Waals surface area contributed by atoms with E-state index in [0.717, 1.165) is 61.2 Å². The number of aromatic amines is 1. The lowest BCUT2D eigenvalue weighted by atomic mass is 9.91. The lowest BCUT2D eigenvalue weighted by molar-refractivity contribution is -0.0197. The first-order valence-corrected chi connectivity index (χ1v) is 12.3. The monoisotopic (exact) mass is 480 g/mol. The van der Waals surface area contributed by atoms with Crippen molar-refractivity contribution in [2.24, 2.45) is 0 Å². The van der Waals surface area contributed by atoms with E-state index in [9.17, 15) is 9.18 Å². The molecule has 0 radical (unpaired) electrons. The van der Waals surface area contributed by atoms with Crippen LogP contribution in [0.2, 0.25) is 0 Å². The third kappa shape index (κ3) is 4.85. The molecule has 1 N–H and O–H groups in total. The molecule has 1 aromatic carbocycles. The molecule has 0 saturated carbocycles. The number of aromatic nitrogens is 2. The fourth-order valence-electron chi connectivity index (χ4n) is 5.13. The number of hydrogen-bond donors (Lipinski definition) is 1. The fraction of sp³-hybridized carbons (Fsp3) is 0.481. The number of carbonyl (C=O) groups excluding carboxylic acids is 1. The maximum Gasteiger partial charge on any atom is 0.410 e. The average Bonchev–Trinajstić information content (AvgIpc) is 3.22. The Labute approximate surface area is 205 Å². The van der Waals surface area contributed by atoms with Gasteiger partial charge in [0.05, 0.1) is 7.11 Å². The summed E-state index contributed by atoms with van der Waals surface area (Å²) in [6, 6.07) is 9.05. The molecule has 2 fully saturated rings. The third-order valence-electron chi connectivity index (χ3n) is 7.00. The van der Waals surface area contributed by atoms with E-state index >= 15 is 0 Å². The van der Waals surface area contributed by atoms with Gasteiger partial charge in [-0.1, -0.05) is 0 Å². The van der Waals surface area contributed by atoms with Gasteiger partial charge in [0.1, 0.15) is 22.8 Å². The first-order valence-electron chi connectivity index (χ1n) is 12.3. The SMILES string of the molecule is COc1ccc(F)cc1-c1ccnc2[nH]c(C3CCN(C4CN(C(=O)OC(C)(C)C)C4)CC3)cc12. The summed E-state index contributed by atoms with van der Waals surface area (Å²) in [6.45, 7) is 9.12. The number of rotatable bonds is 4. The number of amides is 1. The van der Waals surface area contributed by atoms with Gasteiger partial charge in [-0.05, 0) is 82.6 Å². The summed E-state index contributed by atoms with van der Waals surface area (Å²) < 4.78 is 25.0. The number of likely N-dealkylation sites (tertiary alicyclic amines) is 2. The third-order valence-corrected chi connectivity index (χ3v) is 7.00. The molecular formula is C27H33FN4O3. The Balaban J connectivity index is 1.25. The Morgan fingerprint density at radius 1 is 1.11 bits per heavy atom. The fourth-order valence-corrected chi connectivity index (χ4v) is 5.13. The molecule has 0 atom stereocenters. The highest BCUT2D eigenvalue weighted by molar-refractivity contribution is 5.95. The van der Waals surface area contributed by atoms with Crippen LogP contribution < -0.4 is 4.74 Å². The maximum absolute atomic E-state index is 14.0. The van der Waals surface area contributed by atoms with Crippen molar-refractivity contribution in [2.45, 2.75) is 51.2 Å². The molecule has 186 valence electrons. The van der Waals surface area contributed by atoms with Gasteiger partial charge in [-0.25, -0.2) is 14.2 Å². The minimum absolute atomic E-state index is 0.222. The van der Waals surface area contributed by atoms with E-state index in [4.69, 9.17) is 9.47 Å². The number of carbonyl (C=O) groups is 1. The molecule has 0 spiro atoms. The van der Waals surface area contributed by atoms with Crippen molar-refractivity contribution in [1.29, 1.82) is 0 Å². The van der Waals surface area contributed by atoms with Gasteiger partial charge in [0.15, 0.2) is 0 Å².